The molecule has 1 atom stereocenters. The average molecular weight is 260 g/mol. The zero-order valence-electron chi connectivity index (χ0n) is 10.5. The maximum absolute atomic E-state index is 11.6. The molecular formula is C10H20N4O2S. The fraction of sp³-hybridized carbons (Fsp3) is 0.800. The zero-order chi connectivity index (χ0) is 12.9. The Hall–Kier alpha value is -0.950. The summed E-state index contributed by atoms with van der Waals surface area (Å²) >= 11 is 0. The topological polar surface area (TPSA) is 76.9 Å². The van der Waals surface area contributed by atoms with Crippen LogP contribution in [0.15, 0.2) is 6.33 Å². The van der Waals surface area contributed by atoms with E-state index in [0.29, 0.717) is 12.2 Å². The summed E-state index contributed by atoms with van der Waals surface area (Å²) in [6, 6.07) is -0.347. The molecule has 0 amide bonds. The Kier molecular flexibility index (Phi) is 5.07. The van der Waals surface area contributed by atoms with E-state index in [9.17, 15) is 8.42 Å². The van der Waals surface area contributed by atoms with E-state index < -0.39 is 10.0 Å². The fourth-order valence-electron chi connectivity index (χ4n) is 1.66. The predicted octanol–water partition coefficient (Wildman–Crippen LogP) is 1.08. The molecule has 1 aromatic heterocycles. The van der Waals surface area contributed by atoms with Gasteiger partial charge in [0.05, 0.1) is 11.8 Å². The van der Waals surface area contributed by atoms with Gasteiger partial charge in [-0.3, -0.25) is 0 Å². The lowest BCUT2D eigenvalue weighted by Crippen LogP contribution is -2.30. The summed E-state index contributed by atoms with van der Waals surface area (Å²) in [6.45, 7) is 6.46. The van der Waals surface area contributed by atoms with Gasteiger partial charge in [0.15, 0.2) is 5.82 Å². The van der Waals surface area contributed by atoms with Gasteiger partial charge >= 0.3 is 0 Å². The van der Waals surface area contributed by atoms with E-state index in [1.165, 1.54) is 0 Å². The molecule has 98 valence electrons. The van der Waals surface area contributed by atoms with Gasteiger partial charge in [-0.1, -0.05) is 13.8 Å². The van der Waals surface area contributed by atoms with Crippen molar-refractivity contribution in [3.05, 3.63) is 12.2 Å². The Labute approximate surface area is 102 Å². The van der Waals surface area contributed by atoms with Gasteiger partial charge in [-0.2, -0.15) is 0 Å². The molecular weight excluding hydrogens is 240 g/mol. The van der Waals surface area contributed by atoms with Crippen LogP contribution in [-0.4, -0.2) is 28.9 Å². The van der Waals surface area contributed by atoms with Crippen LogP contribution in [0.4, 0.5) is 0 Å². The molecule has 0 aliphatic rings. The Morgan fingerprint density at radius 1 is 1.41 bits per heavy atom. The quantitative estimate of drug-likeness (QED) is 0.795. The first-order valence-electron chi connectivity index (χ1n) is 5.87. The van der Waals surface area contributed by atoms with E-state index in [1.54, 1.807) is 13.3 Å². The summed E-state index contributed by atoms with van der Waals surface area (Å²) in [7, 11) is -3.22. The standard InChI is InChI=1S/C10H20N4O2S/c1-4-6-14-8-11-12-10(14)9(3)13-17(15,16)7-5-2/h8-9,13H,4-7H2,1-3H3. The van der Waals surface area contributed by atoms with Crippen molar-refractivity contribution < 1.29 is 8.42 Å². The molecule has 1 rings (SSSR count). The predicted molar refractivity (Wildman–Crippen MR) is 65.9 cm³/mol. The first kappa shape index (κ1) is 14.1. The highest BCUT2D eigenvalue weighted by Gasteiger charge is 2.18. The second-order valence-corrected chi connectivity index (χ2v) is 5.91. The van der Waals surface area contributed by atoms with Gasteiger partial charge < -0.3 is 4.57 Å². The van der Waals surface area contributed by atoms with E-state index in [2.05, 4.69) is 21.8 Å². The maximum Gasteiger partial charge on any atom is 0.212 e. The van der Waals surface area contributed by atoms with Crippen LogP contribution in [-0.2, 0) is 16.6 Å². The molecule has 1 N–H and O–H groups in total. The smallest absolute Gasteiger partial charge is 0.212 e. The molecule has 0 aliphatic carbocycles. The zero-order valence-corrected chi connectivity index (χ0v) is 11.4. The Morgan fingerprint density at radius 2 is 2.12 bits per heavy atom. The van der Waals surface area contributed by atoms with Crippen molar-refractivity contribution in [1.29, 1.82) is 0 Å². The summed E-state index contributed by atoms with van der Waals surface area (Å²) in [5.41, 5.74) is 0. The summed E-state index contributed by atoms with van der Waals surface area (Å²) in [6.07, 6.45) is 3.19. The minimum absolute atomic E-state index is 0.138. The largest absolute Gasteiger partial charge is 0.316 e. The van der Waals surface area contributed by atoms with E-state index in [0.717, 1.165) is 13.0 Å². The van der Waals surface area contributed by atoms with Gasteiger partial charge in [0.2, 0.25) is 10.0 Å². The fourth-order valence-corrected chi connectivity index (χ4v) is 2.96. The second kappa shape index (κ2) is 6.11. The molecule has 1 unspecified atom stereocenters. The molecule has 0 spiro atoms. The van der Waals surface area contributed by atoms with Gasteiger partial charge in [-0.15, -0.1) is 10.2 Å². The number of rotatable bonds is 7. The molecule has 17 heavy (non-hydrogen) atoms. The van der Waals surface area contributed by atoms with Crippen molar-refractivity contribution in [2.75, 3.05) is 5.75 Å². The highest BCUT2D eigenvalue weighted by molar-refractivity contribution is 7.89. The van der Waals surface area contributed by atoms with Crippen molar-refractivity contribution >= 4 is 10.0 Å². The highest BCUT2D eigenvalue weighted by Crippen LogP contribution is 2.11. The van der Waals surface area contributed by atoms with Gasteiger partial charge in [0.1, 0.15) is 6.33 Å². The summed E-state index contributed by atoms with van der Waals surface area (Å²) in [4.78, 5) is 0. The van der Waals surface area contributed by atoms with Crippen molar-refractivity contribution in [2.24, 2.45) is 0 Å². The normalized spacial score (nSPS) is 13.8. The first-order chi connectivity index (χ1) is 8.00. The van der Waals surface area contributed by atoms with Crippen LogP contribution in [0.2, 0.25) is 0 Å². The first-order valence-corrected chi connectivity index (χ1v) is 7.53. The molecule has 1 aromatic rings. The molecule has 0 saturated carbocycles. The summed E-state index contributed by atoms with van der Waals surface area (Å²) in [5.74, 6) is 0.797. The van der Waals surface area contributed by atoms with Gasteiger partial charge in [0.25, 0.3) is 0 Å². The molecule has 0 saturated heterocycles. The molecule has 0 aromatic carbocycles. The van der Waals surface area contributed by atoms with Crippen molar-refractivity contribution in [3.63, 3.8) is 0 Å². The number of hydrogen-bond acceptors (Lipinski definition) is 4. The number of hydrogen-bond donors (Lipinski definition) is 1. The summed E-state index contributed by atoms with van der Waals surface area (Å²) in [5, 5.41) is 7.78. The third kappa shape index (κ3) is 4.08. The van der Waals surface area contributed by atoms with Crippen LogP contribution in [0.5, 0.6) is 0 Å². The Bertz CT molecular complexity index is 441. The lowest BCUT2D eigenvalue weighted by molar-refractivity contribution is 0.538. The second-order valence-electron chi connectivity index (χ2n) is 4.04. The number of aromatic nitrogens is 3. The summed E-state index contributed by atoms with van der Waals surface area (Å²) < 4.78 is 27.8. The highest BCUT2D eigenvalue weighted by atomic mass is 32.2. The van der Waals surface area contributed by atoms with Crippen LogP contribution >= 0.6 is 0 Å². The number of sulfonamides is 1. The number of nitrogens with one attached hydrogen (secondary N) is 1. The lowest BCUT2D eigenvalue weighted by Gasteiger charge is -2.14. The van der Waals surface area contributed by atoms with Crippen molar-refractivity contribution in [2.45, 2.75) is 46.2 Å². The van der Waals surface area contributed by atoms with Crippen LogP contribution in [0.1, 0.15) is 45.5 Å². The van der Waals surface area contributed by atoms with E-state index in [1.807, 2.05) is 11.5 Å². The van der Waals surface area contributed by atoms with Crippen molar-refractivity contribution in [1.82, 2.24) is 19.5 Å². The van der Waals surface area contributed by atoms with Crippen LogP contribution in [0.3, 0.4) is 0 Å². The third-order valence-corrected chi connectivity index (χ3v) is 3.98. The molecule has 0 bridgehead atoms. The third-order valence-electron chi connectivity index (χ3n) is 2.33. The Morgan fingerprint density at radius 3 is 2.71 bits per heavy atom. The van der Waals surface area contributed by atoms with E-state index in [-0.39, 0.29) is 11.8 Å². The molecule has 7 heteroatoms. The molecule has 1 heterocycles. The molecule has 0 radical (unpaired) electrons. The molecule has 6 nitrogen and oxygen atoms in total. The molecule has 0 fully saturated rings. The lowest BCUT2D eigenvalue weighted by atomic mass is 10.3. The average Bonchev–Trinajstić information content (AvgIpc) is 2.65. The van der Waals surface area contributed by atoms with E-state index >= 15 is 0 Å². The Balaban J connectivity index is 2.76. The van der Waals surface area contributed by atoms with Crippen LogP contribution < -0.4 is 4.72 Å². The van der Waals surface area contributed by atoms with Crippen LogP contribution in [0, 0.1) is 0 Å². The number of aryl methyl sites for hydroxylation is 1. The minimum Gasteiger partial charge on any atom is -0.316 e. The van der Waals surface area contributed by atoms with Gasteiger partial charge in [-0.05, 0) is 19.8 Å². The van der Waals surface area contributed by atoms with Gasteiger partial charge in [-0.25, -0.2) is 13.1 Å². The maximum atomic E-state index is 11.6. The SMILES string of the molecule is CCCn1cnnc1C(C)NS(=O)(=O)CCC. The molecule has 0 aliphatic heterocycles. The van der Waals surface area contributed by atoms with Crippen molar-refractivity contribution in [3.8, 4) is 0 Å². The van der Waals surface area contributed by atoms with Gasteiger partial charge in [0, 0.05) is 6.54 Å². The number of nitrogens with zero attached hydrogens (tertiary/aromatic N) is 3. The monoisotopic (exact) mass is 260 g/mol. The van der Waals surface area contributed by atoms with Crippen LogP contribution in [0.25, 0.3) is 0 Å². The van der Waals surface area contributed by atoms with E-state index in [4.69, 9.17) is 0 Å². The minimum atomic E-state index is -3.22.